The van der Waals surface area contributed by atoms with Crippen LogP contribution in [0.5, 0.6) is 0 Å². The van der Waals surface area contributed by atoms with E-state index in [2.05, 4.69) is 5.32 Å². The summed E-state index contributed by atoms with van der Waals surface area (Å²) in [6, 6.07) is 12.6. The monoisotopic (exact) mass is 542 g/mol. The van der Waals surface area contributed by atoms with E-state index in [0.29, 0.717) is 5.69 Å². The molecule has 208 valence electrons. The largest absolute Gasteiger partial charge is 0.352 e. The standard InChI is InChI=1S/C29H42N4O4S/c1-21-13-16-25(17-14-21)19-32(24(4)29(35)30-26-10-8-7-9-11-26)28(34)20-33(38(36,37)31(5)6)27-18-22(2)12-15-23(27)3/h12-18,24,26H,7-11,19-20H2,1-6H3,(H,30,35). The molecule has 0 bridgehead atoms. The molecule has 9 heteroatoms. The third kappa shape index (κ3) is 7.35. The summed E-state index contributed by atoms with van der Waals surface area (Å²) in [6.07, 6.45) is 5.21. The molecule has 0 radical (unpaired) electrons. The number of amides is 2. The number of benzene rings is 2. The first kappa shape index (κ1) is 29.6. The second-order valence-corrected chi connectivity index (χ2v) is 12.7. The molecular formula is C29H42N4O4S. The van der Waals surface area contributed by atoms with Gasteiger partial charge < -0.3 is 10.2 Å². The smallest absolute Gasteiger partial charge is 0.304 e. The molecule has 2 aromatic rings. The summed E-state index contributed by atoms with van der Waals surface area (Å²) in [6.45, 7) is 7.18. The SMILES string of the molecule is Cc1ccc(CN(C(=O)CN(c2cc(C)ccc2C)S(=O)(=O)N(C)C)C(C)C(=O)NC2CCCCC2)cc1. The van der Waals surface area contributed by atoms with Gasteiger partial charge in [0.25, 0.3) is 0 Å². The fourth-order valence-corrected chi connectivity index (χ4v) is 5.84. The van der Waals surface area contributed by atoms with Crippen LogP contribution in [0.15, 0.2) is 42.5 Å². The van der Waals surface area contributed by atoms with Gasteiger partial charge in [-0.25, -0.2) is 4.31 Å². The quantitative estimate of drug-likeness (QED) is 0.490. The Balaban J connectivity index is 1.94. The van der Waals surface area contributed by atoms with Crippen LogP contribution in [-0.4, -0.2) is 62.2 Å². The van der Waals surface area contributed by atoms with Gasteiger partial charge in [0.15, 0.2) is 0 Å². The molecule has 0 aromatic heterocycles. The van der Waals surface area contributed by atoms with Crippen molar-refractivity contribution in [1.29, 1.82) is 0 Å². The van der Waals surface area contributed by atoms with E-state index in [9.17, 15) is 18.0 Å². The lowest BCUT2D eigenvalue weighted by molar-refractivity contribution is -0.139. The van der Waals surface area contributed by atoms with Crippen molar-refractivity contribution in [3.05, 3.63) is 64.7 Å². The van der Waals surface area contributed by atoms with Crippen LogP contribution in [0.2, 0.25) is 0 Å². The molecule has 0 saturated heterocycles. The van der Waals surface area contributed by atoms with Crippen LogP contribution in [0.4, 0.5) is 5.69 Å². The number of carbonyl (C=O) groups is 2. The number of rotatable bonds is 10. The molecule has 0 aliphatic heterocycles. The predicted octanol–water partition coefficient (Wildman–Crippen LogP) is 4.09. The second kappa shape index (κ2) is 12.8. The molecule has 8 nitrogen and oxygen atoms in total. The highest BCUT2D eigenvalue weighted by Gasteiger charge is 2.33. The van der Waals surface area contributed by atoms with Gasteiger partial charge in [0.1, 0.15) is 12.6 Å². The van der Waals surface area contributed by atoms with Crippen molar-refractivity contribution in [2.24, 2.45) is 0 Å². The van der Waals surface area contributed by atoms with E-state index < -0.39 is 28.7 Å². The number of nitrogens with one attached hydrogen (secondary N) is 1. The average Bonchev–Trinajstić information content (AvgIpc) is 2.88. The van der Waals surface area contributed by atoms with Gasteiger partial charge in [-0.15, -0.1) is 0 Å². The Hall–Kier alpha value is -2.91. The lowest BCUT2D eigenvalue weighted by Gasteiger charge is -2.34. The summed E-state index contributed by atoms with van der Waals surface area (Å²) in [7, 11) is -1.10. The van der Waals surface area contributed by atoms with Crippen molar-refractivity contribution in [1.82, 2.24) is 14.5 Å². The maximum Gasteiger partial charge on any atom is 0.304 e. The zero-order valence-corrected chi connectivity index (χ0v) is 24.3. The van der Waals surface area contributed by atoms with Crippen LogP contribution >= 0.6 is 0 Å². The molecule has 1 saturated carbocycles. The first-order chi connectivity index (χ1) is 17.9. The summed E-state index contributed by atoms with van der Waals surface area (Å²) in [5.41, 5.74) is 4.03. The van der Waals surface area contributed by atoms with Crippen molar-refractivity contribution in [3.8, 4) is 0 Å². The highest BCUT2D eigenvalue weighted by molar-refractivity contribution is 7.90. The summed E-state index contributed by atoms with van der Waals surface area (Å²) in [4.78, 5) is 28.7. The first-order valence-corrected chi connectivity index (χ1v) is 14.7. The number of nitrogens with zero attached hydrogens (tertiary/aromatic N) is 3. The third-order valence-corrected chi connectivity index (χ3v) is 9.05. The van der Waals surface area contributed by atoms with Gasteiger partial charge in [0, 0.05) is 26.7 Å². The second-order valence-electron chi connectivity index (χ2n) is 10.6. The molecule has 38 heavy (non-hydrogen) atoms. The lowest BCUT2D eigenvalue weighted by Crippen LogP contribution is -2.53. The molecule has 2 amide bonds. The maximum absolute atomic E-state index is 13.9. The average molecular weight is 543 g/mol. The van der Waals surface area contributed by atoms with Crippen molar-refractivity contribution >= 4 is 27.7 Å². The zero-order chi connectivity index (χ0) is 28.0. The number of anilines is 1. The van der Waals surface area contributed by atoms with E-state index in [1.807, 2.05) is 57.2 Å². The van der Waals surface area contributed by atoms with Crippen LogP contribution < -0.4 is 9.62 Å². The molecule has 2 aromatic carbocycles. The number of hydrogen-bond acceptors (Lipinski definition) is 4. The Morgan fingerprint density at radius 2 is 1.55 bits per heavy atom. The Labute approximate surface area is 228 Å². The van der Waals surface area contributed by atoms with Gasteiger partial charge in [-0.1, -0.05) is 61.2 Å². The first-order valence-electron chi connectivity index (χ1n) is 13.3. The van der Waals surface area contributed by atoms with E-state index >= 15 is 0 Å². The fourth-order valence-electron chi connectivity index (χ4n) is 4.73. The van der Waals surface area contributed by atoms with Crippen LogP contribution in [0.25, 0.3) is 0 Å². The molecule has 1 aliphatic carbocycles. The summed E-state index contributed by atoms with van der Waals surface area (Å²) in [5, 5.41) is 3.13. The van der Waals surface area contributed by atoms with Gasteiger partial charge >= 0.3 is 10.2 Å². The molecule has 3 rings (SSSR count). The van der Waals surface area contributed by atoms with Crippen LogP contribution in [0.3, 0.4) is 0 Å². The minimum atomic E-state index is -3.99. The molecule has 0 heterocycles. The Morgan fingerprint density at radius 1 is 0.947 bits per heavy atom. The normalized spacial score (nSPS) is 15.2. The van der Waals surface area contributed by atoms with Gasteiger partial charge in [0.05, 0.1) is 5.69 Å². The topological polar surface area (TPSA) is 90.0 Å². The molecule has 1 aliphatic rings. The van der Waals surface area contributed by atoms with E-state index in [1.54, 1.807) is 13.0 Å². The number of carbonyl (C=O) groups excluding carboxylic acids is 2. The van der Waals surface area contributed by atoms with Gasteiger partial charge in [0.2, 0.25) is 11.8 Å². The van der Waals surface area contributed by atoms with E-state index in [1.165, 1.54) is 25.4 Å². The van der Waals surface area contributed by atoms with Gasteiger partial charge in [-0.05, 0) is 63.3 Å². The lowest BCUT2D eigenvalue weighted by atomic mass is 9.95. The maximum atomic E-state index is 13.9. The molecular weight excluding hydrogens is 500 g/mol. The summed E-state index contributed by atoms with van der Waals surface area (Å²) >= 11 is 0. The van der Waals surface area contributed by atoms with Crippen LogP contribution in [0.1, 0.15) is 61.3 Å². The van der Waals surface area contributed by atoms with Crippen molar-refractivity contribution in [2.75, 3.05) is 24.9 Å². The Morgan fingerprint density at radius 3 is 2.16 bits per heavy atom. The summed E-state index contributed by atoms with van der Waals surface area (Å²) in [5.74, 6) is -0.658. The number of aryl methyl sites for hydroxylation is 3. The van der Waals surface area contributed by atoms with Gasteiger partial charge in [-0.2, -0.15) is 12.7 Å². The highest BCUT2D eigenvalue weighted by Crippen LogP contribution is 2.26. The van der Waals surface area contributed by atoms with Crippen LogP contribution in [-0.2, 0) is 26.3 Å². The number of hydrogen-bond donors (Lipinski definition) is 1. The van der Waals surface area contributed by atoms with Crippen molar-refractivity contribution in [2.45, 2.75) is 78.4 Å². The summed E-state index contributed by atoms with van der Waals surface area (Å²) < 4.78 is 29.1. The third-order valence-electron chi connectivity index (χ3n) is 7.24. The molecule has 1 N–H and O–H groups in total. The zero-order valence-electron chi connectivity index (χ0n) is 23.5. The fraction of sp³-hybridized carbons (Fsp3) is 0.517. The molecule has 1 unspecified atom stereocenters. The van der Waals surface area contributed by atoms with E-state index in [4.69, 9.17) is 0 Å². The predicted molar refractivity (Wildman–Crippen MR) is 152 cm³/mol. The van der Waals surface area contributed by atoms with Gasteiger partial charge in [-0.3, -0.25) is 9.59 Å². The van der Waals surface area contributed by atoms with Crippen LogP contribution in [0, 0.1) is 20.8 Å². The van der Waals surface area contributed by atoms with E-state index in [0.717, 1.165) is 56.5 Å². The van der Waals surface area contributed by atoms with E-state index in [-0.39, 0.29) is 18.5 Å². The Bertz CT molecular complexity index is 1220. The molecule has 1 fully saturated rings. The minimum absolute atomic E-state index is 0.107. The molecule has 1 atom stereocenters. The Kier molecular flexibility index (Phi) is 9.95. The van der Waals surface area contributed by atoms with Crippen molar-refractivity contribution in [3.63, 3.8) is 0 Å². The minimum Gasteiger partial charge on any atom is -0.352 e. The molecule has 0 spiro atoms. The van der Waals surface area contributed by atoms with Crippen molar-refractivity contribution < 1.29 is 18.0 Å². The highest BCUT2D eigenvalue weighted by atomic mass is 32.2.